The van der Waals surface area contributed by atoms with Crippen molar-refractivity contribution >= 4 is 24.6 Å². The first-order valence-corrected chi connectivity index (χ1v) is 7.62. The van der Waals surface area contributed by atoms with Gasteiger partial charge in [-0.25, -0.2) is 0 Å². The van der Waals surface area contributed by atoms with Gasteiger partial charge in [0.25, 0.3) is 0 Å². The summed E-state index contributed by atoms with van der Waals surface area (Å²) >= 11 is 1.91. The highest BCUT2D eigenvalue weighted by atomic mass is 32.1. The summed E-state index contributed by atoms with van der Waals surface area (Å²) in [6.45, 7) is 0. The largest absolute Gasteiger partial charge is 0.496 e. The van der Waals surface area contributed by atoms with Gasteiger partial charge >= 0.3 is 0 Å². The second-order valence-corrected chi connectivity index (χ2v) is 7.83. The Morgan fingerprint density at radius 3 is 2.83 bits per heavy atom. The van der Waals surface area contributed by atoms with E-state index in [1.807, 2.05) is 11.3 Å². The van der Waals surface area contributed by atoms with Crippen molar-refractivity contribution in [3.63, 3.8) is 0 Å². The molecule has 1 aromatic heterocycles. The smallest absolute Gasteiger partial charge is 0.128 e. The van der Waals surface area contributed by atoms with Crippen molar-refractivity contribution in [3.05, 3.63) is 11.4 Å². The fourth-order valence-corrected chi connectivity index (χ4v) is 7.27. The first kappa shape index (κ1) is 8.32. The van der Waals surface area contributed by atoms with E-state index in [0.29, 0.717) is 0 Å². The van der Waals surface area contributed by atoms with E-state index < -0.39 is 8.80 Å². The van der Waals surface area contributed by atoms with Gasteiger partial charge in [-0.15, -0.1) is 11.3 Å². The SMILES string of the molecule is COc1ccsc1[SiH]1CCCC1. The monoisotopic (exact) mass is 198 g/mol. The third-order valence-electron chi connectivity index (χ3n) is 2.60. The van der Waals surface area contributed by atoms with Crippen LogP contribution >= 0.6 is 11.3 Å². The molecule has 0 atom stereocenters. The highest BCUT2D eigenvalue weighted by Crippen LogP contribution is 2.24. The molecule has 0 spiro atoms. The van der Waals surface area contributed by atoms with Crippen molar-refractivity contribution in [2.45, 2.75) is 24.9 Å². The molecule has 0 bridgehead atoms. The van der Waals surface area contributed by atoms with Crippen LogP contribution in [0.3, 0.4) is 0 Å². The first-order chi connectivity index (χ1) is 5.92. The molecule has 1 aromatic rings. The Hall–Kier alpha value is -0.283. The Kier molecular flexibility index (Phi) is 2.51. The lowest BCUT2D eigenvalue weighted by atomic mass is 10.4. The van der Waals surface area contributed by atoms with Crippen LogP contribution in [0.2, 0.25) is 12.1 Å². The molecule has 12 heavy (non-hydrogen) atoms. The second kappa shape index (κ2) is 3.62. The number of thiophene rings is 1. The van der Waals surface area contributed by atoms with Crippen LogP contribution in [-0.2, 0) is 0 Å². The maximum absolute atomic E-state index is 5.34. The molecule has 0 aromatic carbocycles. The van der Waals surface area contributed by atoms with Crippen LogP contribution in [-0.4, -0.2) is 15.9 Å². The normalized spacial score (nSPS) is 18.4. The maximum Gasteiger partial charge on any atom is 0.128 e. The third-order valence-corrected chi connectivity index (χ3v) is 7.98. The Labute approximate surface area is 79.0 Å². The molecule has 0 unspecified atom stereocenters. The van der Waals surface area contributed by atoms with Crippen molar-refractivity contribution in [2.75, 3.05) is 7.11 Å². The van der Waals surface area contributed by atoms with Crippen LogP contribution < -0.4 is 9.24 Å². The van der Waals surface area contributed by atoms with Gasteiger partial charge in [0.05, 0.1) is 15.9 Å². The van der Waals surface area contributed by atoms with Crippen LogP contribution in [0.15, 0.2) is 11.4 Å². The number of ether oxygens (including phenoxy) is 1. The summed E-state index contributed by atoms with van der Waals surface area (Å²) in [5.74, 6) is 1.17. The fourth-order valence-electron chi connectivity index (χ4n) is 1.96. The van der Waals surface area contributed by atoms with E-state index in [4.69, 9.17) is 4.74 Å². The number of methoxy groups -OCH3 is 1. The van der Waals surface area contributed by atoms with Crippen molar-refractivity contribution in [1.29, 1.82) is 0 Å². The van der Waals surface area contributed by atoms with Gasteiger partial charge in [0, 0.05) is 4.50 Å². The molecule has 0 saturated carbocycles. The Balaban J connectivity index is 2.19. The van der Waals surface area contributed by atoms with Gasteiger partial charge < -0.3 is 4.74 Å². The standard InChI is InChI=1S/C9H14OSSi/c1-10-8-4-5-11-9(8)12-6-2-3-7-12/h4-5,12H,2-3,6-7H2,1H3. The molecule has 1 aliphatic rings. The van der Waals surface area contributed by atoms with Gasteiger partial charge in [-0.05, 0) is 11.4 Å². The third kappa shape index (κ3) is 1.43. The molecular weight excluding hydrogens is 184 g/mol. The first-order valence-electron chi connectivity index (χ1n) is 4.53. The van der Waals surface area contributed by atoms with Crippen LogP contribution in [0.1, 0.15) is 12.8 Å². The zero-order valence-corrected chi connectivity index (χ0v) is 9.35. The summed E-state index contributed by atoms with van der Waals surface area (Å²) in [5, 5.41) is 2.17. The molecule has 0 N–H and O–H groups in total. The molecule has 1 nitrogen and oxygen atoms in total. The number of hydrogen-bond donors (Lipinski definition) is 0. The predicted octanol–water partition coefficient (Wildman–Crippen LogP) is 1.98. The summed E-state index contributed by atoms with van der Waals surface area (Å²) in [5.41, 5.74) is 0. The highest BCUT2D eigenvalue weighted by molar-refractivity contribution is 7.22. The van der Waals surface area contributed by atoms with Crippen LogP contribution in [0.5, 0.6) is 5.75 Å². The zero-order valence-electron chi connectivity index (χ0n) is 7.38. The highest BCUT2D eigenvalue weighted by Gasteiger charge is 2.22. The minimum atomic E-state index is -0.554. The van der Waals surface area contributed by atoms with Crippen molar-refractivity contribution in [1.82, 2.24) is 0 Å². The predicted molar refractivity (Wildman–Crippen MR) is 56.5 cm³/mol. The fraction of sp³-hybridized carbons (Fsp3) is 0.556. The summed E-state index contributed by atoms with van der Waals surface area (Å²) in [6.07, 6.45) is 2.91. The molecule has 1 aliphatic heterocycles. The minimum absolute atomic E-state index is 0.554. The molecule has 66 valence electrons. The molecule has 0 amide bonds. The van der Waals surface area contributed by atoms with E-state index in [2.05, 4.69) is 11.4 Å². The van der Waals surface area contributed by atoms with Crippen molar-refractivity contribution in [2.24, 2.45) is 0 Å². The van der Waals surface area contributed by atoms with Gasteiger partial charge in [-0.1, -0.05) is 24.9 Å². The van der Waals surface area contributed by atoms with Gasteiger partial charge in [0.15, 0.2) is 0 Å². The quantitative estimate of drug-likeness (QED) is 0.660. The molecule has 1 saturated heterocycles. The van der Waals surface area contributed by atoms with E-state index in [9.17, 15) is 0 Å². The molecule has 3 heteroatoms. The minimum Gasteiger partial charge on any atom is -0.496 e. The average Bonchev–Trinajstić information content (AvgIpc) is 2.74. The van der Waals surface area contributed by atoms with Gasteiger partial charge in [0.2, 0.25) is 0 Å². The number of rotatable bonds is 2. The summed E-state index contributed by atoms with van der Waals surface area (Å²) in [4.78, 5) is 0. The van der Waals surface area contributed by atoms with Gasteiger partial charge in [-0.2, -0.15) is 0 Å². The van der Waals surface area contributed by atoms with Crippen molar-refractivity contribution < 1.29 is 4.74 Å². The average molecular weight is 198 g/mol. The van der Waals surface area contributed by atoms with Gasteiger partial charge in [0.1, 0.15) is 5.75 Å². The maximum atomic E-state index is 5.34. The van der Waals surface area contributed by atoms with E-state index in [1.54, 1.807) is 11.6 Å². The Bertz CT molecular complexity index is 253. The van der Waals surface area contributed by atoms with Crippen LogP contribution in [0.4, 0.5) is 0 Å². The summed E-state index contributed by atoms with van der Waals surface area (Å²) < 4.78 is 6.95. The lowest BCUT2D eigenvalue weighted by Crippen LogP contribution is -2.24. The second-order valence-electron chi connectivity index (χ2n) is 3.33. The molecular formula is C9H14OSSi. The summed E-state index contributed by atoms with van der Waals surface area (Å²) in [6, 6.07) is 5.11. The molecule has 0 aliphatic carbocycles. The lowest BCUT2D eigenvalue weighted by molar-refractivity contribution is 0.419. The van der Waals surface area contributed by atoms with E-state index in [0.717, 1.165) is 0 Å². The molecule has 2 rings (SSSR count). The van der Waals surface area contributed by atoms with E-state index in [1.165, 1.54) is 30.7 Å². The number of hydrogen-bond acceptors (Lipinski definition) is 2. The summed E-state index contributed by atoms with van der Waals surface area (Å²) in [7, 11) is 1.23. The van der Waals surface area contributed by atoms with Crippen LogP contribution in [0.25, 0.3) is 0 Å². The molecule has 2 heterocycles. The Morgan fingerprint density at radius 2 is 2.17 bits per heavy atom. The Morgan fingerprint density at radius 1 is 1.42 bits per heavy atom. The van der Waals surface area contributed by atoms with E-state index in [-0.39, 0.29) is 0 Å². The van der Waals surface area contributed by atoms with Crippen molar-refractivity contribution in [3.8, 4) is 5.75 Å². The van der Waals surface area contributed by atoms with Crippen LogP contribution in [0, 0.1) is 0 Å². The topological polar surface area (TPSA) is 9.23 Å². The van der Waals surface area contributed by atoms with Gasteiger partial charge in [-0.3, -0.25) is 0 Å². The molecule has 1 fully saturated rings. The zero-order chi connectivity index (χ0) is 8.39. The molecule has 0 radical (unpaired) electrons. The van der Waals surface area contributed by atoms with E-state index >= 15 is 0 Å². The lowest BCUT2D eigenvalue weighted by Gasteiger charge is -2.06.